The van der Waals surface area contributed by atoms with Gasteiger partial charge < -0.3 is 4.98 Å². The van der Waals surface area contributed by atoms with Gasteiger partial charge in [0.1, 0.15) is 0 Å². The predicted octanol–water partition coefficient (Wildman–Crippen LogP) is 1.25. The Hall–Kier alpha value is -2.98. The SMILES string of the molecule is CS(=O)(=O)N1CC[C@H](n2c(=O)[nH]c3ccc(-c4cnn5ccccc45)nc32)C1. The lowest BCUT2D eigenvalue weighted by atomic mass is 10.2. The number of fused-ring (bicyclic) bond motifs is 2. The molecule has 1 fully saturated rings. The number of nitrogens with zero attached hydrogens (tertiary/aromatic N) is 5. The second kappa shape index (κ2) is 6.01. The van der Waals surface area contributed by atoms with Crippen molar-refractivity contribution in [2.24, 2.45) is 0 Å². The van der Waals surface area contributed by atoms with E-state index in [1.54, 1.807) is 15.3 Å². The topological polar surface area (TPSA) is 105 Å². The summed E-state index contributed by atoms with van der Waals surface area (Å²) in [7, 11) is -3.28. The third-order valence-electron chi connectivity index (χ3n) is 5.23. The normalized spacial score (nSPS) is 18.4. The van der Waals surface area contributed by atoms with Crippen molar-refractivity contribution in [1.82, 2.24) is 28.5 Å². The number of hydrogen-bond acceptors (Lipinski definition) is 5. The van der Waals surface area contributed by atoms with Crippen LogP contribution in [0.4, 0.5) is 0 Å². The number of aromatic nitrogens is 5. The molecule has 0 unspecified atom stereocenters. The highest BCUT2D eigenvalue weighted by Crippen LogP contribution is 2.28. The Morgan fingerprint density at radius 2 is 2.07 bits per heavy atom. The first-order chi connectivity index (χ1) is 13.4. The Kier molecular flexibility index (Phi) is 3.68. The van der Waals surface area contributed by atoms with E-state index < -0.39 is 10.0 Å². The monoisotopic (exact) mass is 398 g/mol. The smallest absolute Gasteiger partial charge is 0.304 e. The van der Waals surface area contributed by atoms with E-state index in [1.807, 2.05) is 36.5 Å². The van der Waals surface area contributed by atoms with Gasteiger partial charge in [-0.1, -0.05) is 6.07 Å². The van der Waals surface area contributed by atoms with Gasteiger partial charge in [0.05, 0.1) is 35.2 Å². The standard InChI is InChI=1S/C18H18N6O3S/c1-28(26,27)22-9-7-12(11-22)24-17-15(21-18(24)25)6-5-14(20-17)13-10-19-23-8-3-2-4-16(13)23/h2-6,8,10,12H,7,9,11H2,1H3,(H,21,25)/t12-/m0/s1. The quantitative estimate of drug-likeness (QED) is 0.559. The molecule has 4 aromatic rings. The molecule has 1 aliphatic heterocycles. The Balaban J connectivity index is 1.63. The van der Waals surface area contributed by atoms with Crippen molar-refractivity contribution in [2.45, 2.75) is 12.5 Å². The summed E-state index contributed by atoms with van der Waals surface area (Å²) in [5, 5.41) is 4.34. The average molecular weight is 398 g/mol. The number of pyridine rings is 2. The molecule has 5 rings (SSSR count). The van der Waals surface area contributed by atoms with Gasteiger partial charge >= 0.3 is 5.69 Å². The van der Waals surface area contributed by atoms with Gasteiger partial charge in [0.25, 0.3) is 0 Å². The molecular weight excluding hydrogens is 380 g/mol. The first-order valence-corrected chi connectivity index (χ1v) is 10.8. The van der Waals surface area contributed by atoms with Crippen molar-refractivity contribution in [2.75, 3.05) is 19.3 Å². The molecule has 28 heavy (non-hydrogen) atoms. The summed E-state index contributed by atoms with van der Waals surface area (Å²) in [6.45, 7) is 0.671. The van der Waals surface area contributed by atoms with E-state index >= 15 is 0 Å². The fourth-order valence-electron chi connectivity index (χ4n) is 3.84. The van der Waals surface area contributed by atoms with Crippen LogP contribution in [0.3, 0.4) is 0 Å². The molecule has 9 nitrogen and oxygen atoms in total. The Labute approximate surface area is 160 Å². The van der Waals surface area contributed by atoms with Gasteiger partial charge in [-0.2, -0.15) is 5.10 Å². The molecule has 10 heteroatoms. The third-order valence-corrected chi connectivity index (χ3v) is 6.50. The van der Waals surface area contributed by atoms with Gasteiger partial charge in [0.15, 0.2) is 5.65 Å². The number of hydrogen-bond donors (Lipinski definition) is 1. The lowest BCUT2D eigenvalue weighted by Gasteiger charge is -2.14. The van der Waals surface area contributed by atoms with Crippen molar-refractivity contribution in [3.05, 3.63) is 53.2 Å². The fraction of sp³-hybridized carbons (Fsp3) is 0.278. The maximum absolute atomic E-state index is 12.6. The highest BCUT2D eigenvalue weighted by molar-refractivity contribution is 7.88. The summed E-state index contributed by atoms with van der Waals surface area (Å²) < 4.78 is 28.4. The summed E-state index contributed by atoms with van der Waals surface area (Å²) in [5.74, 6) is 0. The molecule has 0 saturated carbocycles. The maximum atomic E-state index is 12.6. The van der Waals surface area contributed by atoms with Crippen LogP contribution in [0, 0.1) is 0 Å². The summed E-state index contributed by atoms with van der Waals surface area (Å²) in [6.07, 6.45) is 5.37. The molecule has 0 spiro atoms. The molecule has 1 saturated heterocycles. The molecule has 0 bridgehead atoms. The third kappa shape index (κ3) is 2.64. The van der Waals surface area contributed by atoms with Crippen LogP contribution in [-0.4, -0.2) is 56.2 Å². The van der Waals surface area contributed by atoms with Gasteiger partial charge in [0.2, 0.25) is 10.0 Å². The van der Waals surface area contributed by atoms with E-state index in [-0.39, 0.29) is 18.3 Å². The number of aromatic amines is 1. The number of sulfonamides is 1. The van der Waals surface area contributed by atoms with Crippen LogP contribution in [0.5, 0.6) is 0 Å². The van der Waals surface area contributed by atoms with Crippen LogP contribution in [0.15, 0.2) is 47.5 Å². The van der Waals surface area contributed by atoms with Crippen LogP contribution in [0.2, 0.25) is 0 Å². The highest BCUT2D eigenvalue weighted by Gasteiger charge is 2.31. The first kappa shape index (κ1) is 17.1. The number of imidazole rings is 1. The van der Waals surface area contributed by atoms with Crippen LogP contribution in [-0.2, 0) is 10.0 Å². The molecule has 1 aliphatic rings. The second-order valence-electron chi connectivity index (χ2n) is 7.02. The summed E-state index contributed by atoms with van der Waals surface area (Å²) in [5.41, 5.74) is 3.37. The second-order valence-corrected chi connectivity index (χ2v) is 9.00. The van der Waals surface area contributed by atoms with Crippen molar-refractivity contribution >= 4 is 26.7 Å². The van der Waals surface area contributed by atoms with Crippen LogP contribution in [0.1, 0.15) is 12.5 Å². The molecular formula is C18H18N6O3S. The Morgan fingerprint density at radius 3 is 2.86 bits per heavy atom. The van der Waals surface area contributed by atoms with Gasteiger partial charge in [0, 0.05) is 24.8 Å². The minimum Gasteiger partial charge on any atom is -0.304 e. The van der Waals surface area contributed by atoms with E-state index in [9.17, 15) is 13.2 Å². The number of nitrogens with one attached hydrogen (secondary N) is 1. The molecule has 0 aromatic carbocycles. The van der Waals surface area contributed by atoms with Crippen molar-refractivity contribution in [3.63, 3.8) is 0 Å². The average Bonchev–Trinajstić information content (AvgIpc) is 3.36. The van der Waals surface area contributed by atoms with Crippen molar-refractivity contribution in [1.29, 1.82) is 0 Å². The predicted molar refractivity (Wildman–Crippen MR) is 105 cm³/mol. The lowest BCUT2D eigenvalue weighted by molar-refractivity contribution is 0.455. The van der Waals surface area contributed by atoms with Crippen molar-refractivity contribution in [3.8, 4) is 11.3 Å². The van der Waals surface area contributed by atoms with Gasteiger partial charge in [-0.25, -0.2) is 27.0 Å². The van der Waals surface area contributed by atoms with Crippen LogP contribution < -0.4 is 5.69 Å². The molecule has 1 N–H and O–H groups in total. The van der Waals surface area contributed by atoms with E-state index in [1.165, 1.54) is 10.6 Å². The molecule has 144 valence electrons. The fourth-order valence-corrected chi connectivity index (χ4v) is 4.72. The minimum absolute atomic E-state index is 0.248. The largest absolute Gasteiger partial charge is 0.327 e. The van der Waals surface area contributed by atoms with E-state index in [4.69, 9.17) is 4.98 Å². The number of rotatable bonds is 3. The van der Waals surface area contributed by atoms with Gasteiger partial charge in [-0.3, -0.25) is 4.57 Å². The Morgan fingerprint density at radius 1 is 1.21 bits per heavy atom. The molecule has 4 aromatic heterocycles. The van der Waals surface area contributed by atoms with Crippen molar-refractivity contribution < 1.29 is 8.42 Å². The molecule has 5 heterocycles. The zero-order valence-corrected chi connectivity index (χ0v) is 15.9. The molecule has 0 radical (unpaired) electrons. The number of H-pyrrole nitrogens is 1. The summed E-state index contributed by atoms with van der Waals surface area (Å²) in [4.78, 5) is 20.1. The highest BCUT2D eigenvalue weighted by atomic mass is 32.2. The minimum atomic E-state index is -3.28. The van der Waals surface area contributed by atoms with E-state index in [0.29, 0.717) is 29.8 Å². The van der Waals surface area contributed by atoms with Crippen LogP contribution in [0.25, 0.3) is 27.9 Å². The summed E-state index contributed by atoms with van der Waals surface area (Å²) >= 11 is 0. The molecule has 0 amide bonds. The lowest BCUT2D eigenvalue weighted by Crippen LogP contribution is -2.30. The van der Waals surface area contributed by atoms with Crippen LogP contribution >= 0.6 is 0 Å². The Bertz CT molecular complexity index is 1370. The van der Waals surface area contributed by atoms with E-state index in [0.717, 1.165) is 11.1 Å². The molecule has 1 atom stereocenters. The van der Waals surface area contributed by atoms with E-state index in [2.05, 4.69) is 10.1 Å². The molecule has 0 aliphatic carbocycles. The zero-order valence-electron chi connectivity index (χ0n) is 15.1. The zero-order chi connectivity index (χ0) is 19.5. The maximum Gasteiger partial charge on any atom is 0.327 e. The summed E-state index contributed by atoms with van der Waals surface area (Å²) in [6, 6.07) is 9.22. The van der Waals surface area contributed by atoms with Gasteiger partial charge in [-0.15, -0.1) is 0 Å². The van der Waals surface area contributed by atoms with Gasteiger partial charge in [-0.05, 0) is 30.7 Å². The first-order valence-electron chi connectivity index (χ1n) is 8.91.